The second kappa shape index (κ2) is 5.71. The molecule has 0 unspecified atom stereocenters. The fourth-order valence-corrected chi connectivity index (χ4v) is 5.22. The lowest BCUT2D eigenvalue weighted by Crippen LogP contribution is -2.34. The van der Waals surface area contributed by atoms with Crippen LogP contribution in [0, 0.1) is 6.92 Å². The van der Waals surface area contributed by atoms with Gasteiger partial charge in [0, 0.05) is 11.6 Å². The van der Waals surface area contributed by atoms with Crippen LogP contribution in [-0.4, -0.2) is 9.55 Å². The molecule has 0 amide bonds. The number of fused-ring (bicyclic) bond motifs is 5. The van der Waals surface area contributed by atoms with Crippen molar-refractivity contribution in [1.29, 1.82) is 0 Å². The smallest absolute Gasteiger partial charge is 0.292 e. The van der Waals surface area contributed by atoms with E-state index in [1.54, 1.807) is 0 Å². The molecule has 0 atom stereocenters. The number of hydrogen-bond donors (Lipinski definition) is 0. The number of furan rings is 1. The second-order valence-corrected chi connectivity index (χ2v) is 10.1. The topological polar surface area (TPSA) is 34.8 Å². The van der Waals surface area contributed by atoms with E-state index in [-0.39, 0.29) is 10.8 Å². The van der Waals surface area contributed by atoms with E-state index in [9.17, 15) is 0 Å². The number of aryl methyl sites for hydroxylation is 3. The molecule has 1 aromatic carbocycles. The van der Waals surface area contributed by atoms with Crippen LogP contribution in [0.5, 0.6) is 0 Å². The summed E-state index contributed by atoms with van der Waals surface area (Å²) in [5.41, 5.74) is 7.08. The zero-order chi connectivity index (χ0) is 20.7. The fraction of sp³-hybridized carbons (Fsp3) is 0.440. The summed E-state index contributed by atoms with van der Waals surface area (Å²) < 4.78 is 10.8. The minimum Gasteiger partial charge on any atom is -0.437 e. The van der Waals surface area contributed by atoms with Crippen LogP contribution in [0.25, 0.3) is 33.5 Å². The van der Waals surface area contributed by atoms with Gasteiger partial charge in [0.1, 0.15) is 18.0 Å². The molecule has 3 aromatic heterocycles. The average molecular weight is 389 g/mol. The van der Waals surface area contributed by atoms with Crippen molar-refractivity contribution in [3.8, 4) is 11.4 Å². The van der Waals surface area contributed by atoms with E-state index >= 15 is 0 Å². The van der Waals surface area contributed by atoms with Crippen molar-refractivity contribution in [3.05, 3.63) is 47.4 Å². The first-order valence-corrected chi connectivity index (χ1v) is 10.5. The highest BCUT2D eigenvalue weighted by Gasteiger charge is 2.40. The van der Waals surface area contributed by atoms with E-state index in [4.69, 9.17) is 9.40 Å². The molecule has 1 aliphatic rings. The molecule has 0 bridgehead atoms. The molecular weight excluding hydrogens is 358 g/mol. The molecular formula is C25H30N3O+. The molecule has 4 aromatic rings. The zero-order valence-electron chi connectivity index (χ0n) is 18.6. The summed E-state index contributed by atoms with van der Waals surface area (Å²) in [5.74, 6) is 1.14. The monoisotopic (exact) mass is 388 g/mol. The summed E-state index contributed by atoms with van der Waals surface area (Å²) >= 11 is 0. The van der Waals surface area contributed by atoms with Crippen LogP contribution in [0.2, 0.25) is 0 Å². The standard InChI is InChI=1S/C25H30N3O/c1-15-8-9-16-19-20-17(24(2,3)10-11-25(20,4)5)14-26-22(19)29-21(16)18(15)23-27(6)12-13-28(23)7/h8-9,12-14H,10-11H2,1-7H3/q+1. The number of aromatic nitrogens is 3. The maximum absolute atomic E-state index is 6.49. The molecule has 29 heavy (non-hydrogen) atoms. The molecule has 0 saturated carbocycles. The zero-order valence-corrected chi connectivity index (χ0v) is 18.6. The number of hydrogen-bond acceptors (Lipinski definition) is 2. The van der Waals surface area contributed by atoms with Crippen molar-refractivity contribution < 1.29 is 8.98 Å². The van der Waals surface area contributed by atoms with Crippen molar-refractivity contribution in [2.75, 3.05) is 0 Å². The van der Waals surface area contributed by atoms with Crippen molar-refractivity contribution in [2.45, 2.75) is 58.3 Å². The summed E-state index contributed by atoms with van der Waals surface area (Å²) in [4.78, 5) is 4.81. The molecule has 1 aliphatic carbocycles. The van der Waals surface area contributed by atoms with Crippen LogP contribution in [0.15, 0.2) is 35.1 Å². The third-order valence-corrected chi connectivity index (χ3v) is 7.06. The number of nitrogens with zero attached hydrogens (tertiary/aromatic N) is 3. The van der Waals surface area contributed by atoms with E-state index in [1.165, 1.54) is 40.3 Å². The third kappa shape index (κ3) is 2.44. The highest BCUT2D eigenvalue weighted by atomic mass is 16.3. The Morgan fingerprint density at radius 3 is 2.52 bits per heavy atom. The Balaban J connectivity index is 1.96. The first-order chi connectivity index (χ1) is 13.6. The minimum absolute atomic E-state index is 0.101. The number of rotatable bonds is 1. The van der Waals surface area contributed by atoms with Crippen LogP contribution in [0.3, 0.4) is 0 Å². The van der Waals surface area contributed by atoms with E-state index in [2.05, 4.69) is 88.6 Å². The molecule has 3 heterocycles. The average Bonchev–Trinajstić information content (AvgIpc) is 3.19. The van der Waals surface area contributed by atoms with E-state index < -0.39 is 0 Å². The van der Waals surface area contributed by atoms with Gasteiger partial charge < -0.3 is 4.42 Å². The lowest BCUT2D eigenvalue weighted by molar-refractivity contribution is -0.659. The quantitative estimate of drug-likeness (QED) is 0.405. The third-order valence-electron chi connectivity index (χ3n) is 7.06. The molecule has 4 nitrogen and oxygen atoms in total. The number of imidazole rings is 1. The molecule has 0 spiro atoms. The first-order valence-electron chi connectivity index (χ1n) is 10.5. The van der Waals surface area contributed by atoms with Crippen molar-refractivity contribution in [1.82, 2.24) is 9.55 Å². The lowest BCUT2D eigenvalue weighted by atomic mass is 9.63. The van der Waals surface area contributed by atoms with Gasteiger partial charge in [0.15, 0.2) is 5.58 Å². The van der Waals surface area contributed by atoms with Crippen molar-refractivity contribution >= 4 is 22.1 Å². The molecule has 0 saturated heterocycles. The van der Waals surface area contributed by atoms with E-state index in [0.29, 0.717) is 0 Å². The SMILES string of the molecule is Cc1ccc2c(oc3ncc4c(c32)C(C)(C)CCC4(C)C)c1-c1n(C)cc[n+]1C. The van der Waals surface area contributed by atoms with Gasteiger partial charge in [-0.15, -0.1) is 0 Å². The van der Waals surface area contributed by atoms with Gasteiger partial charge in [-0.2, -0.15) is 0 Å². The number of pyridine rings is 1. The van der Waals surface area contributed by atoms with Crippen molar-refractivity contribution in [3.63, 3.8) is 0 Å². The van der Waals surface area contributed by atoms with Crippen LogP contribution in [-0.2, 0) is 24.9 Å². The normalized spacial score (nSPS) is 17.8. The number of benzene rings is 1. The van der Waals surface area contributed by atoms with Crippen LogP contribution in [0.1, 0.15) is 57.2 Å². The summed E-state index contributed by atoms with van der Waals surface area (Å²) in [5, 5.41) is 2.38. The Morgan fingerprint density at radius 1 is 1.10 bits per heavy atom. The minimum atomic E-state index is 0.101. The molecule has 150 valence electrons. The Hall–Kier alpha value is -2.62. The second-order valence-electron chi connectivity index (χ2n) is 10.1. The van der Waals surface area contributed by atoms with Crippen molar-refractivity contribution in [2.24, 2.45) is 14.1 Å². The van der Waals surface area contributed by atoms with Gasteiger partial charge in [0.25, 0.3) is 5.82 Å². The van der Waals surface area contributed by atoms with E-state index in [0.717, 1.165) is 22.7 Å². The largest absolute Gasteiger partial charge is 0.437 e. The predicted molar refractivity (Wildman–Crippen MR) is 117 cm³/mol. The summed E-state index contributed by atoms with van der Waals surface area (Å²) in [6.07, 6.45) is 8.59. The van der Waals surface area contributed by atoms with Gasteiger partial charge in [-0.1, -0.05) is 39.8 Å². The highest BCUT2D eigenvalue weighted by molar-refractivity contribution is 6.10. The maximum Gasteiger partial charge on any atom is 0.292 e. The molecule has 0 N–H and O–H groups in total. The predicted octanol–water partition coefficient (Wildman–Crippen LogP) is 5.47. The van der Waals surface area contributed by atoms with Gasteiger partial charge in [-0.3, -0.25) is 0 Å². The van der Waals surface area contributed by atoms with Gasteiger partial charge in [0.2, 0.25) is 5.71 Å². The molecule has 4 heteroatoms. The molecule has 0 radical (unpaired) electrons. The molecule has 0 aliphatic heterocycles. The summed E-state index contributed by atoms with van der Waals surface area (Å²) in [7, 11) is 4.17. The summed E-state index contributed by atoms with van der Waals surface area (Å²) in [6, 6.07) is 4.45. The Morgan fingerprint density at radius 2 is 1.83 bits per heavy atom. The Labute approximate surface area is 172 Å². The van der Waals surface area contributed by atoms with Crippen LogP contribution in [0.4, 0.5) is 0 Å². The molecule has 0 fully saturated rings. The fourth-order valence-electron chi connectivity index (χ4n) is 5.22. The summed E-state index contributed by atoms with van der Waals surface area (Å²) in [6.45, 7) is 11.6. The Kier molecular flexibility index (Phi) is 3.63. The molecule has 5 rings (SSSR count). The van der Waals surface area contributed by atoms with Gasteiger partial charge in [-0.05, 0) is 47.3 Å². The van der Waals surface area contributed by atoms with E-state index in [1.807, 2.05) is 0 Å². The van der Waals surface area contributed by atoms with Crippen LogP contribution >= 0.6 is 0 Å². The van der Waals surface area contributed by atoms with Crippen LogP contribution < -0.4 is 4.57 Å². The van der Waals surface area contributed by atoms with Gasteiger partial charge in [-0.25, -0.2) is 14.1 Å². The van der Waals surface area contributed by atoms with Gasteiger partial charge >= 0.3 is 0 Å². The van der Waals surface area contributed by atoms with Gasteiger partial charge in [0.05, 0.1) is 19.5 Å². The first kappa shape index (κ1) is 18.4. The highest BCUT2D eigenvalue weighted by Crippen LogP contribution is 2.50. The lowest BCUT2D eigenvalue weighted by Gasteiger charge is -2.41. The Bertz CT molecular complexity index is 1270. The maximum atomic E-state index is 6.49.